The summed E-state index contributed by atoms with van der Waals surface area (Å²) < 4.78 is 5.77. The van der Waals surface area contributed by atoms with Gasteiger partial charge in [-0.05, 0) is 35.4 Å². The van der Waals surface area contributed by atoms with E-state index in [1.165, 1.54) is 0 Å². The Bertz CT molecular complexity index is 913. The third-order valence-electron chi connectivity index (χ3n) is 4.08. The lowest BCUT2D eigenvalue weighted by Gasteiger charge is -2.08. The van der Waals surface area contributed by atoms with Crippen molar-refractivity contribution in [3.8, 4) is 5.75 Å². The van der Waals surface area contributed by atoms with Crippen molar-refractivity contribution < 1.29 is 9.53 Å². The van der Waals surface area contributed by atoms with E-state index in [-0.39, 0.29) is 5.91 Å². The molecule has 0 saturated heterocycles. The van der Waals surface area contributed by atoms with E-state index in [4.69, 9.17) is 4.74 Å². The van der Waals surface area contributed by atoms with Crippen LogP contribution in [-0.2, 0) is 0 Å². The van der Waals surface area contributed by atoms with Crippen molar-refractivity contribution in [2.24, 2.45) is 5.10 Å². The number of benzene rings is 3. The molecule has 0 aliphatic carbocycles. The molecule has 1 amide bonds. The van der Waals surface area contributed by atoms with E-state index >= 15 is 0 Å². The highest BCUT2D eigenvalue weighted by Gasteiger charge is 2.08. The number of nitrogens with zero attached hydrogens (tertiary/aromatic N) is 1. The number of nitrogens with one attached hydrogen (secondary N) is 1. The Kier molecular flexibility index (Phi) is 5.99. The summed E-state index contributed by atoms with van der Waals surface area (Å²) in [7, 11) is 0. The lowest BCUT2D eigenvalue weighted by molar-refractivity contribution is 0.0957. The molecule has 0 bridgehead atoms. The number of carbonyl (C=O) groups is 1. The van der Waals surface area contributed by atoms with Crippen LogP contribution >= 0.6 is 0 Å². The quantitative estimate of drug-likeness (QED) is 0.380. The fourth-order valence-corrected chi connectivity index (χ4v) is 2.69. The van der Waals surface area contributed by atoms with Gasteiger partial charge in [0.05, 0.1) is 12.8 Å². The van der Waals surface area contributed by atoms with Gasteiger partial charge in [0, 0.05) is 11.1 Å². The van der Waals surface area contributed by atoms with Gasteiger partial charge in [-0.25, -0.2) is 5.43 Å². The van der Waals surface area contributed by atoms with Crippen LogP contribution in [0.1, 0.15) is 35.7 Å². The van der Waals surface area contributed by atoms with Crippen LogP contribution in [0, 0.1) is 0 Å². The van der Waals surface area contributed by atoms with E-state index < -0.39 is 0 Å². The summed E-state index contributed by atoms with van der Waals surface area (Å²) >= 11 is 0. The number of unbranched alkanes of at least 4 members (excludes halogenated alkanes) is 1. The standard InChI is InChI=1S/C22H22N2O2/c1-2-3-15-26-21-14-7-5-10-18(21)16-23-24-22(25)20-13-8-11-17-9-4-6-12-19(17)20/h4-14,16H,2-3,15H2,1H3,(H,24,25)/b23-16-. The van der Waals surface area contributed by atoms with Gasteiger partial charge in [-0.2, -0.15) is 5.10 Å². The maximum atomic E-state index is 12.5. The molecule has 0 aliphatic heterocycles. The van der Waals surface area contributed by atoms with Gasteiger partial charge in [-0.3, -0.25) is 4.79 Å². The topological polar surface area (TPSA) is 50.7 Å². The Morgan fingerprint density at radius 3 is 2.69 bits per heavy atom. The van der Waals surface area contributed by atoms with Crippen LogP contribution < -0.4 is 10.2 Å². The molecular formula is C22H22N2O2. The Labute approximate surface area is 153 Å². The van der Waals surface area contributed by atoms with Crippen molar-refractivity contribution in [2.75, 3.05) is 6.61 Å². The zero-order chi connectivity index (χ0) is 18.2. The molecule has 4 nitrogen and oxygen atoms in total. The van der Waals surface area contributed by atoms with Crippen LogP contribution in [0.2, 0.25) is 0 Å². The van der Waals surface area contributed by atoms with Gasteiger partial charge in [0.25, 0.3) is 5.91 Å². The Morgan fingerprint density at radius 1 is 1.04 bits per heavy atom. The number of fused-ring (bicyclic) bond motifs is 1. The predicted octanol–water partition coefficient (Wildman–Crippen LogP) is 4.78. The average molecular weight is 346 g/mol. The van der Waals surface area contributed by atoms with Gasteiger partial charge >= 0.3 is 0 Å². The molecule has 0 atom stereocenters. The van der Waals surface area contributed by atoms with Crippen molar-refractivity contribution in [3.05, 3.63) is 77.9 Å². The summed E-state index contributed by atoms with van der Waals surface area (Å²) in [5, 5.41) is 6.04. The number of rotatable bonds is 7. The Balaban J connectivity index is 1.71. The highest BCUT2D eigenvalue weighted by atomic mass is 16.5. The molecule has 0 aromatic heterocycles. The van der Waals surface area contributed by atoms with Crippen molar-refractivity contribution in [3.63, 3.8) is 0 Å². The average Bonchev–Trinajstić information content (AvgIpc) is 2.69. The van der Waals surface area contributed by atoms with Crippen molar-refractivity contribution in [2.45, 2.75) is 19.8 Å². The Hall–Kier alpha value is -3.14. The van der Waals surface area contributed by atoms with E-state index in [0.29, 0.717) is 12.2 Å². The zero-order valence-corrected chi connectivity index (χ0v) is 14.8. The lowest BCUT2D eigenvalue weighted by atomic mass is 10.0. The highest BCUT2D eigenvalue weighted by Crippen LogP contribution is 2.19. The van der Waals surface area contributed by atoms with Crippen molar-refractivity contribution in [1.29, 1.82) is 0 Å². The third-order valence-corrected chi connectivity index (χ3v) is 4.08. The van der Waals surface area contributed by atoms with Gasteiger partial charge in [0.15, 0.2) is 0 Å². The summed E-state index contributed by atoms with van der Waals surface area (Å²) in [6.45, 7) is 2.79. The van der Waals surface area contributed by atoms with Crippen molar-refractivity contribution >= 4 is 22.9 Å². The number of amides is 1. The van der Waals surface area contributed by atoms with Crippen LogP contribution in [0.5, 0.6) is 5.75 Å². The molecule has 132 valence electrons. The maximum absolute atomic E-state index is 12.5. The molecule has 1 N–H and O–H groups in total. The number of hydrazone groups is 1. The lowest BCUT2D eigenvalue weighted by Crippen LogP contribution is -2.18. The van der Waals surface area contributed by atoms with E-state index in [0.717, 1.165) is 34.9 Å². The molecule has 0 radical (unpaired) electrons. The molecule has 0 unspecified atom stereocenters. The zero-order valence-electron chi connectivity index (χ0n) is 14.8. The van der Waals surface area contributed by atoms with Crippen molar-refractivity contribution in [1.82, 2.24) is 5.43 Å². The maximum Gasteiger partial charge on any atom is 0.271 e. The van der Waals surface area contributed by atoms with Gasteiger partial charge < -0.3 is 4.74 Å². The van der Waals surface area contributed by atoms with E-state index in [1.807, 2.05) is 60.7 Å². The van der Waals surface area contributed by atoms with Crippen LogP contribution in [0.15, 0.2) is 71.8 Å². The molecular weight excluding hydrogens is 324 g/mol. The first-order chi connectivity index (χ1) is 12.8. The fourth-order valence-electron chi connectivity index (χ4n) is 2.69. The van der Waals surface area contributed by atoms with Gasteiger partial charge in [-0.1, -0.05) is 61.9 Å². The minimum absolute atomic E-state index is 0.234. The number of hydrogen-bond acceptors (Lipinski definition) is 3. The van der Waals surface area contributed by atoms with E-state index in [1.54, 1.807) is 12.3 Å². The summed E-state index contributed by atoms with van der Waals surface area (Å²) in [5.41, 5.74) is 4.05. The molecule has 3 rings (SSSR count). The van der Waals surface area contributed by atoms with Crippen LogP contribution in [0.3, 0.4) is 0 Å². The monoisotopic (exact) mass is 346 g/mol. The predicted molar refractivity (Wildman–Crippen MR) is 106 cm³/mol. The second-order valence-electron chi connectivity index (χ2n) is 5.97. The smallest absolute Gasteiger partial charge is 0.271 e. The minimum Gasteiger partial charge on any atom is -0.493 e. The third kappa shape index (κ3) is 4.28. The molecule has 3 aromatic rings. The van der Waals surface area contributed by atoms with Gasteiger partial charge in [0.1, 0.15) is 5.75 Å². The molecule has 26 heavy (non-hydrogen) atoms. The molecule has 0 heterocycles. The normalized spacial score (nSPS) is 11.0. The SMILES string of the molecule is CCCCOc1ccccc1/C=N\NC(=O)c1cccc2ccccc12. The van der Waals surface area contributed by atoms with Gasteiger partial charge in [-0.15, -0.1) is 0 Å². The number of carbonyl (C=O) groups excluding carboxylic acids is 1. The molecule has 0 saturated carbocycles. The molecule has 4 heteroatoms. The summed E-state index contributed by atoms with van der Waals surface area (Å²) in [5.74, 6) is 0.534. The number of ether oxygens (including phenoxy) is 1. The largest absolute Gasteiger partial charge is 0.493 e. The molecule has 3 aromatic carbocycles. The fraction of sp³-hybridized carbons (Fsp3) is 0.182. The minimum atomic E-state index is -0.234. The second-order valence-corrected chi connectivity index (χ2v) is 5.97. The van der Waals surface area contributed by atoms with Gasteiger partial charge in [0.2, 0.25) is 0 Å². The first-order valence-corrected chi connectivity index (χ1v) is 8.82. The highest BCUT2D eigenvalue weighted by molar-refractivity contribution is 6.07. The first kappa shape index (κ1) is 17.7. The summed E-state index contributed by atoms with van der Waals surface area (Å²) in [6.07, 6.45) is 3.70. The summed E-state index contributed by atoms with van der Waals surface area (Å²) in [6, 6.07) is 21.1. The second kappa shape index (κ2) is 8.81. The number of hydrogen-bond donors (Lipinski definition) is 1. The molecule has 0 aliphatic rings. The van der Waals surface area contributed by atoms with Crippen LogP contribution in [-0.4, -0.2) is 18.7 Å². The Morgan fingerprint density at radius 2 is 1.81 bits per heavy atom. The molecule has 0 spiro atoms. The van der Waals surface area contributed by atoms with Crippen LogP contribution in [0.4, 0.5) is 0 Å². The van der Waals surface area contributed by atoms with E-state index in [9.17, 15) is 4.79 Å². The first-order valence-electron chi connectivity index (χ1n) is 8.82. The van der Waals surface area contributed by atoms with E-state index in [2.05, 4.69) is 17.5 Å². The van der Waals surface area contributed by atoms with Crippen LogP contribution in [0.25, 0.3) is 10.8 Å². The molecule has 0 fully saturated rings. The summed E-state index contributed by atoms with van der Waals surface area (Å²) in [4.78, 5) is 12.5. The number of para-hydroxylation sites is 1.